The number of nitrogens with two attached hydrogens (primary N) is 1. The van der Waals surface area contributed by atoms with E-state index in [9.17, 15) is 0 Å². The van der Waals surface area contributed by atoms with Gasteiger partial charge in [0.1, 0.15) is 0 Å². The fourth-order valence-corrected chi connectivity index (χ4v) is 2.24. The summed E-state index contributed by atoms with van der Waals surface area (Å²) in [5.41, 5.74) is 6.36. The normalized spacial score (nSPS) is 10.7. The Hall–Kier alpha value is -0.980. The van der Waals surface area contributed by atoms with Crippen molar-refractivity contribution in [3.05, 3.63) is 22.2 Å². The number of aryl methyl sites for hydroxylation is 1. The van der Waals surface area contributed by atoms with Crippen molar-refractivity contribution in [3.8, 4) is 0 Å². The highest BCUT2D eigenvalue weighted by atomic mass is 35.5. The SMILES string of the molecule is Cn1nnnc1Sc1cc(Cl)c(Cl)cc1N. The molecule has 5 nitrogen and oxygen atoms in total. The molecule has 1 aromatic carbocycles. The summed E-state index contributed by atoms with van der Waals surface area (Å²) < 4.78 is 1.55. The van der Waals surface area contributed by atoms with Crippen molar-refractivity contribution in [1.29, 1.82) is 0 Å². The summed E-state index contributed by atoms with van der Waals surface area (Å²) in [7, 11) is 1.75. The van der Waals surface area contributed by atoms with E-state index in [1.165, 1.54) is 11.8 Å². The highest BCUT2D eigenvalue weighted by Gasteiger charge is 2.10. The minimum atomic E-state index is 0.430. The first-order valence-electron chi connectivity index (χ1n) is 4.22. The number of tetrazole rings is 1. The van der Waals surface area contributed by atoms with E-state index in [1.54, 1.807) is 23.9 Å². The van der Waals surface area contributed by atoms with Gasteiger partial charge < -0.3 is 5.73 Å². The molecular formula is C8H7Cl2N5S. The monoisotopic (exact) mass is 275 g/mol. The van der Waals surface area contributed by atoms with E-state index in [1.807, 2.05) is 0 Å². The standard InChI is InChI=1S/C8H7Cl2N5S/c1-15-8(12-13-14-15)16-7-3-5(10)4(9)2-6(7)11/h2-3H,11H2,1H3. The van der Waals surface area contributed by atoms with E-state index in [0.29, 0.717) is 20.9 Å². The van der Waals surface area contributed by atoms with E-state index in [2.05, 4.69) is 15.5 Å². The first-order valence-corrected chi connectivity index (χ1v) is 5.80. The summed E-state index contributed by atoms with van der Waals surface area (Å²) in [4.78, 5) is 0.771. The molecule has 0 aliphatic carbocycles. The van der Waals surface area contributed by atoms with Gasteiger partial charge in [0.25, 0.3) is 0 Å². The third-order valence-corrected chi connectivity index (χ3v) is 3.66. The number of benzene rings is 1. The van der Waals surface area contributed by atoms with Gasteiger partial charge in [0, 0.05) is 17.6 Å². The molecular weight excluding hydrogens is 269 g/mol. The predicted octanol–water partition coefficient (Wildman–Crippen LogP) is 2.25. The lowest BCUT2D eigenvalue weighted by molar-refractivity contribution is 0.664. The fourth-order valence-electron chi connectivity index (χ4n) is 1.04. The van der Waals surface area contributed by atoms with Crippen LogP contribution in [0.2, 0.25) is 10.0 Å². The maximum Gasteiger partial charge on any atom is 0.213 e. The quantitative estimate of drug-likeness (QED) is 0.852. The molecule has 0 fully saturated rings. The maximum atomic E-state index is 5.91. The zero-order valence-electron chi connectivity index (χ0n) is 8.19. The Morgan fingerprint density at radius 3 is 2.62 bits per heavy atom. The summed E-state index contributed by atoms with van der Waals surface area (Å²) >= 11 is 13.1. The van der Waals surface area contributed by atoms with Crippen molar-refractivity contribution in [2.75, 3.05) is 5.73 Å². The second-order valence-electron chi connectivity index (χ2n) is 2.99. The molecule has 0 unspecified atom stereocenters. The lowest BCUT2D eigenvalue weighted by atomic mass is 10.3. The highest BCUT2D eigenvalue weighted by Crippen LogP contribution is 2.35. The van der Waals surface area contributed by atoms with Gasteiger partial charge in [-0.05, 0) is 34.3 Å². The van der Waals surface area contributed by atoms with Crippen LogP contribution in [0.3, 0.4) is 0 Å². The Bertz CT molecular complexity index is 527. The lowest BCUT2D eigenvalue weighted by Crippen LogP contribution is -1.94. The lowest BCUT2D eigenvalue weighted by Gasteiger charge is -2.05. The molecule has 0 aliphatic heterocycles. The molecule has 1 heterocycles. The second kappa shape index (κ2) is 4.48. The van der Waals surface area contributed by atoms with Crippen LogP contribution in [-0.4, -0.2) is 20.2 Å². The average Bonchev–Trinajstić information content (AvgIpc) is 2.61. The zero-order chi connectivity index (χ0) is 11.7. The summed E-state index contributed by atoms with van der Waals surface area (Å²) in [6.07, 6.45) is 0. The molecule has 0 saturated carbocycles. The number of nitrogens with zero attached hydrogens (tertiary/aromatic N) is 4. The number of hydrogen-bond acceptors (Lipinski definition) is 5. The Morgan fingerprint density at radius 1 is 1.31 bits per heavy atom. The highest BCUT2D eigenvalue weighted by molar-refractivity contribution is 7.99. The van der Waals surface area contributed by atoms with Gasteiger partial charge in [-0.3, -0.25) is 0 Å². The van der Waals surface area contributed by atoms with E-state index < -0.39 is 0 Å². The molecule has 16 heavy (non-hydrogen) atoms. The molecule has 8 heteroatoms. The van der Waals surface area contributed by atoms with Crippen molar-refractivity contribution in [2.24, 2.45) is 7.05 Å². The van der Waals surface area contributed by atoms with Crippen molar-refractivity contribution in [1.82, 2.24) is 20.2 Å². The Morgan fingerprint density at radius 2 is 2.00 bits per heavy atom. The van der Waals surface area contributed by atoms with E-state index in [0.717, 1.165) is 4.90 Å². The van der Waals surface area contributed by atoms with Crippen LogP contribution in [0, 0.1) is 0 Å². The molecule has 0 atom stereocenters. The third kappa shape index (κ3) is 2.23. The number of halogens is 2. The van der Waals surface area contributed by atoms with Crippen LogP contribution in [0.1, 0.15) is 0 Å². The van der Waals surface area contributed by atoms with Gasteiger partial charge in [-0.2, -0.15) is 0 Å². The topological polar surface area (TPSA) is 69.6 Å². The summed E-state index contributed by atoms with van der Waals surface area (Å²) in [6, 6.07) is 3.30. The van der Waals surface area contributed by atoms with Crippen molar-refractivity contribution in [2.45, 2.75) is 10.1 Å². The first-order chi connectivity index (χ1) is 7.58. The van der Waals surface area contributed by atoms with Gasteiger partial charge in [-0.15, -0.1) is 5.10 Å². The predicted molar refractivity (Wildman–Crippen MR) is 63.8 cm³/mol. The van der Waals surface area contributed by atoms with Crippen LogP contribution in [0.15, 0.2) is 22.2 Å². The molecule has 0 radical (unpaired) electrons. The van der Waals surface area contributed by atoms with Crippen LogP contribution < -0.4 is 5.73 Å². The van der Waals surface area contributed by atoms with E-state index in [4.69, 9.17) is 28.9 Å². The Labute approximate surface area is 106 Å². The number of hydrogen-bond donors (Lipinski definition) is 1. The van der Waals surface area contributed by atoms with Gasteiger partial charge in [-0.1, -0.05) is 23.2 Å². The molecule has 84 valence electrons. The van der Waals surface area contributed by atoms with Gasteiger partial charge in [-0.25, -0.2) is 4.68 Å². The second-order valence-corrected chi connectivity index (χ2v) is 4.81. The Kier molecular flexibility index (Phi) is 3.22. The van der Waals surface area contributed by atoms with Gasteiger partial charge in [0.05, 0.1) is 10.0 Å². The number of aromatic nitrogens is 4. The third-order valence-electron chi connectivity index (χ3n) is 1.84. The van der Waals surface area contributed by atoms with Gasteiger partial charge >= 0.3 is 0 Å². The smallest absolute Gasteiger partial charge is 0.213 e. The molecule has 1 aromatic heterocycles. The van der Waals surface area contributed by atoms with Crippen molar-refractivity contribution < 1.29 is 0 Å². The van der Waals surface area contributed by atoms with Crippen molar-refractivity contribution in [3.63, 3.8) is 0 Å². The first kappa shape index (κ1) is 11.5. The maximum absolute atomic E-state index is 5.91. The van der Waals surface area contributed by atoms with Crippen molar-refractivity contribution >= 4 is 40.7 Å². The van der Waals surface area contributed by atoms with E-state index >= 15 is 0 Å². The molecule has 0 bridgehead atoms. The molecule has 0 amide bonds. The zero-order valence-corrected chi connectivity index (χ0v) is 10.5. The van der Waals surface area contributed by atoms with Gasteiger partial charge in [0.2, 0.25) is 5.16 Å². The van der Waals surface area contributed by atoms with Crippen LogP contribution >= 0.6 is 35.0 Å². The largest absolute Gasteiger partial charge is 0.398 e. The molecule has 2 N–H and O–H groups in total. The number of nitrogen functional groups attached to an aromatic ring is 1. The van der Waals surface area contributed by atoms with Crippen LogP contribution in [0.25, 0.3) is 0 Å². The molecule has 0 spiro atoms. The minimum Gasteiger partial charge on any atom is -0.398 e. The van der Waals surface area contributed by atoms with Gasteiger partial charge in [0.15, 0.2) is 0 Å². The average molecular weight is 276 g/mol. The number of anilines is 1. The van der Waals surface area contributed by atoms with Crippen LogP contribution in [-0.2, 0) is 7.05 Å². The molecule has 0 aliphatic rings. The summed E-state index contributed by atoms with van der Waals surface area (Å²) in [5, 5.41) is 12.6. The summed E-state index contributed by atoms with van der Waals surface area (Å²) in [5.74, 6) is 0. The molecule has 0 saturated heterocycles. The van der Waals surface area contributed by atoms with E-state index in [-0.39, 0.29) is 0 Å². The molecule has 2 aromatic rings. The number of rotatable bonds is 2. The minimum absolute atomic E-state index is 0.430. The van der Waals surface area contributed by atoms with Crippen LogP contribution in [0.5, 0.6) is 0 Å². The summed E-state index contributed by atoms with van der Waals surface area (Å²) in [6.45, 7) is 0. The fraction of sp³-hybridized carbons (Fsp3) is 0.125. The van der Waals surface area contributed by atoms with Crippen LogP contribution in [0.4, 0.5) is 5.69 Å². The Balaban J connectivity index is 2.35. The molecule has 2 rings (SSSR count).